The SMILES string of the molecule is CC(=O)O[C@H]1CC[C@]2(C)[C@H]3C[C@H](OC(C)=O)[C@]45OC(=O)[C@@]6(CCC(C)(C)C[C@]64C)CC[C@@]5(/C=N/[N+](=O)[O-])[C@]3(C)CC[C@H]2C1(C)C. The second-order valence-corrected chi connectivity index (χ2v) is 17.7. The normalized spacial score (nSPS) is 49.0. The maximum atomic E-state index is 14.4. The number of hydrazone groups is 1. The van der Waals surface area contributed by atoms with Crippen LogP contribution in [0.1, 0.15) is 127 Å². The predicted molar refractivity (Wildman–Crippen MR) is 165 cm³/mol. The first kappa shape index (κ1) is 32.4. The van der Waals surface area contributed by atoms with Crippen LogP contribution in [0.2, 0.25) is 0 Å². The van der Waals surface area contributed by atoms with E-state index in [0.29, 0.717) is 38.5 Å². The molecule has 10 atom stereocenters. The fraction of sp³-hybridized carbons (Fsp3) is 0.886. The van der Waals surface area contributed by atoms with Crippen LogP contribution in [0.4, 0.5) is 0 Å². The molecule has 250 valence electrons. The van der Waals surface area contributed by atoms with Crippen LogP contribution < -0.4 is 0 Å². The van der Waals surface area contributed by atoms with Crippen molar-refractivity contribution < 1.29 is 33.6 Å². The molecule has 0 aromatic carbocycles. The Kier molecular flexibility index (Phi) is 6.86. The maximum Gasteiger partial charge on any atom is 0.313 e. The number of hydrogen-bond acceptors (Lipinski definition) is 8. The summed E-state index contributed by atoms with van der Waals surface area (Å²) < 4.78 is 19.1. The van der Waals surface area contributed by atoms with Crippen molar-refractivity contribution in [1.82, 2.24) is 0 Å². The summed E-state index contributed by atoms with van der Waals surface area (Å²) in [6.07, 6.45) is 7.37. The predicted octanol–water partition coefficient (Wildman–Crippen LogP) is 6.65. The molecule has 0 aromatic heterocycles. The lowest BCUT2D eigenvalue weighted by atomic mass is 9.27. The van der Waals surface area contributed by atoms with E-state index < -0.39 is 44.4 Å². The van der Waals surface area contributed by atoms with Gasteiger partial charge in [0.25, 0.3) is 0 Å². The van der Waals surface area contributed by atoms with E-state index in [2.05, 4.69) is 53.6 Å². The first-order valence-electron chi connectivity index (χ1n) is 17.0. The third-order valence-corrected chi connectivity index (χ3v) is 15.1. The van der Waals surface area contributed by atoms with Crippen molar-refractivity contribution in [3.05, 3.63) is 10.1 Å². The minimum atomic E-state index is -1.31. The summed E-state index contributed by atoms with van der Waals surface area (Å²) in [6, 6.07) is 0. The number of fused-ring (bicyclic) bond motifs is 4. The molecule has 1 aliphatic heterocycles. The smallest absolute Gasteiger partial charge is 0.313 e. The van der Waals surface area contributed by atoms with Crippen molar-refractivity contribution in [2.75, 3.05) is 0 Å². The third-order valence-electron chi connectivity index (χ3n) is 15.1. The van der Waals surface area contributed by atoms with E-state index in [-0.39, 0.29) is 46.1 Å². The summed E-state index contributed by atoms with van der Waals surface area (Å²) in [4.78, 5) is 51.5. The first-order chi connectivity index (χ1) is 20.7. The topological polar surface area (TPSA) is 134 Å². The summed E-state index contributed by atoms with van der Waals surface area (Å²) in [5.41, 5.74) is -5.07. The van der Waals surface area contributed by atoms with E-state index >= 15 is 0 Å². The van der Waals surface area contributed by atoms with Crippen LogP contribution in [0.25, 0.3) is 0 Å². The molecule has 0 amide bonds. The number of ether oxygens (including phenoxy) is 3. The van der Waals surface area contributed by atoms with E-state index in [0.717, 1.165) is 25.7 Å². The van der Waals surface area contributed by atoms with Gasteiger partial charge in [-0.05, 0) is 92.3 Å². The molecule has 1 heterocycles. The number of rotatable bonds is 4. The largest absolute Gasteiger partial charge is 0.462 e. The highest BCUT2D eigenvalue weighted by molar-refractivity contribution is 5.86. The third kappa shape index (κ3) is 3.80. The van der Waals surface area contributed by atoms with Crippen molar-refractivity contribution in [2.45, 2.75) is 144 Å². The van der Waals surface area contributed by atoms with Gasteiger partial charge in [0.1, 0.15) is 12.2 Å². The standard InChI is InChI=1S/C35H52N2O8/c1-21(38)43-25-11-12-30(7)23(29(25,5)6)10-13-31(8)24(30)18-26(44-22(2)39)35-32(9)19-28(3,4)14-15-33(32,27(40)45-35)16-17-34(31,35)20-36-37(41)42/h20,23-26H,10-19H2,1-9H3/b36-20+/t23-,24+,25-,26-,30-,31+,32+,33+,34+,35-/m0/s1. The second-order valence-electron chi connectivity index (χ2n) is 17.7. The fourth-order valence-electron chi connectivity index (χ4n) is 13.5. The molecule has 0 aromatic rings. The molecule has 10 heteroatoms. The molecule has 45 heavy (non-hydrogen) atoms. The Balaban J connectivity index is 1.60. The average molecular weight is 629 g/mol. The first-order valence-corrected chi connectivity index (χ1v) is 17.0. The number of hydrogen-bond donors (Lipinski definition) is 0. The lowest BCUT2D eigenvalue weighted by molar-refractivity contribution is -0.485. The summed E-state index contributed by atoms with van der Waals surface area (Å²) in [5.74, 6) is -0.817. The molecule has 0 unspecified atom stereocenters. The Morgan fingerprint density at radius 3 is 2.13 bits per heavy atom. The van der Waals surface area contributed by atoms with E-state index in [1.807, 2.05) is 0 Å². The van der Waals surface area contributed by atoms with E-state index in [1.165, 1.54) is 20.1 Å². The monoisotopic (exact) mass is 628 g/mol. The zero-order valence-electron chi connectivity index (χ0n) is 28.6. The van der Waals surface area contributed by atoms with Gasteiger partial charge in [-0.15, -0.1) is 0 Å². The summed E-state index contributed by atoms with van der Waals surface area (Å²) in [5, 5.41) is 15.3. The van der Waals surface area contributed by atoms with Crippen molar-refractivity contribution in [2.24, 2.45) is 54.8 Å². The Labute approximate surface area is 266 Å². The Morgan fingerprint density at radius 1 is 0.889 bits per heavy atom. The lowest BCUT2D eigenvalue weighted by Gasteiger charge is -2.76. The van der Waals surface area contributed by atoms with Crippen LogP contribution in [0.15, 0.2) is 5.10 Å². The van der Waals surface area contributed by atoms with Crippen molar-refractivity contribution in [3.8, 4) is 0 Å². The van der Waals surface area contributed by atoms with Gasteiger partial charge in [0.15, 0.2) is 10.6 Å². The Bertz CT molecular complexity index is 1370. The molecule has 1 spiro atoms. The van der Waals surface area contributed by atoms with Gasteiger partial charge < -0.3 is 14.2 Å². The molecule has 5 saturated carbocycles. The van der Waals surface area contributed by atoms with Gasteiger partial charge in [-0.1, -0.05) is 48.5 Å². The molecular weight excluding hydrogens is 576 g/mol. The number of carbonyl (C=O) groups excluding carboxylic acids is 3. The van der Waals surface area contributed by atoms with Crippen molar-refractivity contribution >= 4 is 24.1 Å². The molecule has 0 N–H and O–H groups in total. The molecule has 1 saturated heterocycles. The van der Waals surface area contributed by atoms with Gasteiger partial charge in [0, 0.05) is 24.7 Å². The zero-order valence-corrected chi connectivity index (χ0v) is 28.6. The Hall–Kier alpha value is -2.52. The van der Waals surface area contributed by atoms with Gasteiger partial charge in [-0.3, -0.25) is 14.4 Å². The maximum absolute atomic E-state index is 14.4. The Morgan fingerprint density at radius 2 is 1.51 bits per heavy atom. The van der Waals surface area contributed by atoms with Crippen molar-refractivity contribution in [1.29, 1.82) is 0 Å². The van der Waals surface area contributed by atoms with Gasteiger partial charge in [0.2, 0.25) is 0 Å². The highest BCUT2D eigenvalue weighted by Crippen LogP contribution is 2.84. The van der Waals surface area contributed by atoms with Crippen LogP contribution in [-0.2, 0) is 28.6 Å². The zero-order chi connectivity index (χ0) is 33.2. The number of esters is 3. The second kappa shape index (κ2) is 9.52. The van der Waals surface area contributed by atoms with Gasteiger partial charge >= 0.3 is 17.9 Å². The van der Waals surface area contributed by atoms with Crippen LogP contribution in [0.5, 0.6) is 0 Å². The summed E-state index contributed by atoms with van der Waals surface area (Å²) >= 11 is 0. The molecular formula is C35H52N2O8. The molecule has 5 aliphatic carbocycles. The molecule has 0 radical (unpaired) electrons. The minimum Gasteiger partial charge on any atom is -0.462 e. The van der Waals surface area contributed by atoms with E-state index in [1.54, 1.807) is 0 Å². The molecule has 6 rings (SSSR count). The minimum absolute atomic E-state index is 0.0264. The summed E-state index contributed by atoms with van der Waals surface area (Å²) in [6.45, 7) is 18.4. The van der Waals surface area contributed by atoms with Gasteiger partial charge in [0.05, 0.1) is 22.1 Å². The highest BCUT2D eigenvalue weighted by atomic mass is 16.7. The van der Waals surface area contributed by atoms with Crippen LogP contribution in [-0.4, -0.2) is 47.0 Å². The van der Waals surface area contributed by atoms with Gasteiger partial charge in [-0.25, -0.2) is 10.1 Å². The molecule has 6 fully saturated rings. The summed E-state index contributed by atoms with van der Waals surface area (Å²) in [7, 11) is 0. The van der Waals surface area contributed by atoms with Crippen LogP contribution in [0.3, 0.4) is 0 Å². The molecule has 10 nitrogen and oxygen atoms in total. The fourth-order valence-corrected chi connectivity index (χ4v) is 13.5. The molecule has 2 bridgehead atoms. The van der Waals surface area contributed by atoms with Crippen LogP contribution in [0, 0.1) is 59.9 Å². The highest BCUT2D eigenvalue weighted by Gasteiger charge is 2.89. The lowest BCUT2D eigenvalue weighted by Crippen LogP contribution is -2.80. The van der Waals surface area contributed by atoms with Crippen LogP contribution >= 0.6 is 0 Å². The van der Waals surface area contributed by atoms with E-state index in [4.69, 9.17) is 14.2 Å². The average Bonchev–Trinajstić information content (AvgIpc) is 3.00. The van der Waals surface area contributed by atoms with E-state index in [9.17, 15) is 24.5 Å². The van der Waals surface area contributed by atoms with Gasteiger partial charge in [-0.2, -0.15) is 0 Å². The quantitative estimate of drug-likeness (QED) is 0.111. The number of nitrogens with zero attached hydrogens (tertiary/aromatic N) is 2. The molecule has 6 aliphatic rings. The number of carbonyl (C=O) groups is 3. The van der Waals surface area contributed by atoms with Crippen molar-refractivity contribution in [3.63, 3.8) is 0 Å². The number of nitro groups is 1.